The molecule has 108 valence electrons. The maximum atomic E-state index is 11.9. The van der Waals surface area contributed by atoms with Crippen molar-refractivity contribution in [1.29, 1.82) is 0 Å². The summed E-state index contributed by atoms with van der Waals surface area (Å²) >= 11 is 1.49. The Balaban J connectivity index is 1.86. The second-order valence-corrected chi connectivity index (χ2v) is 5.36. The van der Waals surface area contributed by atoms with Gasteiger partial charge in [0.15, 0.2) is 0 Å². The van der Waals surface area contributed by atoms with Crippen molar-refractivity contribution in [1.82, 2.24) is 0 Å². The quantitative estimate of drug-likeness (QED) is 0.859. The summed E-state index contributed by atoms with van der Waals surface area (Å²) in [5, 5.41) is 11.7. The standard InChI is InChI=1S/C16H15NO3S/c18-15(11-21-10-12-6-2-1-3-7-12)17-14-9-5-4-8-13(14)16(19)20/h1-9H,10-11H2,(H,17,18)(H,19,20). The first kappa shape index (κ1) is 15.1. The Bertz CT molecular complexity index is 628. The van der Waals surface area contributed by atoms with Gasteiger partial charge in [0.2, 0.25) is 5.91 Å². The minimum absolute atomic E-state index is 0.0962. The van der Waals surface area contributed by atoms with Crippen LogP contribution in [-0.2, 0) is 10.5 Å². The van der Waals surface area contributed by atoms with Crippen molar-refractivity contribution in [3.05, 3.63) is 65.7 Å². The van der Waals surface area contributed by atoms with Crippen LogP contribution in [0.25, 0.3) is 0 Å². The number of anilines is 1. The SMILES string of the molecule is O=C(CSCc1ccccc1)Nc1ccccc1C(=O)O. The van der Waals surface area contributed by atoms with E-state index in [2.05, 4.69) is 5.32 Å². The maximum Gasteiger partial charge on any atom is 0.337 e. The van der Waals surface area contributed by atoms with Gasteiger partial charge in [-0.2, -0.15) is 0 Å². The lowest BCUT2D eigenvalue weighted by atomic mass is 10.2. The molecule has 2 rings (SSSR count). The lowest BCUT2D eigenvalue weighted by Gasteiger charge is -2.08. The molecule has 2 N–H and O–H groups in total. The van der Waals surface area contributed by atoms with Crippen LogP contribution in [0.1, 0.15) is 15.9 Å². The van der Waals surface area contributed by atoms with Crippen molar-refractivity contribution >= 4 is 29.3 Å². The molecule has 0 aliphatic heterocycles. The predicted octanol–water partition coefficient (Wildman–Crippen LogP) is 3.26. The molecule has 0 fully saturated rings. The minimum atomic E-state index is -1.05. The van der Waals surface area contributed by atoms with E-state index in [1.54, 1.807) is 18.2 Å². The van der Waals surface area contributed by atoms with Crippen LogP contribution in [-0.4, -0.2) is 22.7 Å². The molecule has 0 heterocycles. The highest BCUT2D eigenvalue weighted by atomic mass is 32.2. The number of benzene rings is 2. The fourth-order valence-electron chi connectivity index (χ4n) is 1.80. The van der Waals surface area contributed by atoms with Crippen molar-refractivity contribution in [3.63, 3.8) is 0 Å². The highest BCUT2D eigenvalue weighted by molar-refractivity contribution is 7.99. The Labute approximate surface area is 127 Å². The molecule has 21 heavy (non-hydrogen) atoms. The van der Waals surface area contributed by atoms with E-state index in [1.807, 2.05) is 30.3 Å². The monoisotopic (exact) mass is 301 g/mol. The summed E-state index contributed by atoms with van der Waals surface area (Å²) in [5.74, 6) is -0.231. The molecule has 0 aromatic heterocycles. The van der Waals surface area contributed by atoms with Crippen LogP contribution in [0.5, 0.6) is 0 Å². The highest BCUT2D eigenvalue weighted by Gasteiger charge is 2.11. The molecular formula is C16H15NO3S. The molecule has 2 aromatic carbocycles. The number of carboxylic acid groups (broad SMARTS) is 1. The van der Waals surface area contributed by atoms with E-state index in [9.17, 15) is 9.59 Å². The molecule has 5 heteroatoms. The van der Waals surface area contributed by atoms with Crippen LogP contribution in [0.2, 0.25) is 0 Å². The zero-order valence-corrected chi connectivity index (χ0v) is 12.1. The highest BCUT2D eigenvalue weighted by Crippen LogP contribution is 2.16. The van der Waals surface area contributed by atoms with E-state index in [0.29, 0.717) is 5.69 Å². The van der Waals surface area contributed by atoms with E-state index in [0.717, 1.165) is 11.3 Å². The van der Waals surface area contributed by atoms with E-state index in [1.165, 1.54) is 17.8 Å². The Morgan fingerprint density at radius 1 is 1.00 bits per heavy atom. The molecule has 0 radical (unpaired) electrons. The van der Waals surface area contributed by atoms with Crippen molar-refractivity contribution < 1.29 is 14.7 Å². The van der Waals surface area contributed by atoms with E-state index < -0.39 is 5.97 Å². The van der Waals surface area contributed by atoms with Gasteiger partial charge in [-0.05, 0) is 17.7 Å². The van der Waals surface area contributed by atoms with Crippen LogP contribution in [0.3, 0.4) is 0 Å². The Morgan fingerprint density at radius 2 is 1.67 bits per heavy atom. The van der Waals surface area contributed by atoms with Gasteiger partial charge in [0.1, 0.15) is 0 Å². The summed E-state index contributed by atoms with van der Waals surface area (Å²) in [4.78, 5) is 22.9. The molecule has 2 aromatic rings. The third-order valence-electron chi connectivity index (χ3n) is 2.78. The van der Waals surface area contributed by atoms with Crippen molar-refractivity contribution in [2.24, 2.45) is 0 Å². The van der Waals surface area contributed by atoms with Gasteiger partial charge in [0, 0.05) is 5.75 Å². The lowest BCUT2D eigenvalue weighted by molar-refractivity contribution is -0.113. The van der Waals surface area contributed by atoms with Crippen molar-refractivity contribution in [2.75, 3.05) is 11.1 Å². The largest absolute Gasteiger partial charge is 0.478 e. The van der Waals surface area contributed by atoms with Gasteiger partial charge in [-0.1, -0.05) is 42.5 Å². The number of rotatable bonds is 6. The molecule has 0 saturated carbocycles. The van der Waals surface area contributed by atoms with Crippen LogP contribution >= 0.6 is 11.8 Å². The maximum absolute atomic E-state index is 11.9. The van der Waals surface area contributed by atoms with E-state index >= 15 is 0 Å². The molecule has 0 atom stereocenters. The Hall–Kier alpha value is -2.27. The zero-order chi connectivity index (χ0) is 15.1. The number of carbonyl (C=O) groups excluding carboxylic acids is 1. The lowest BCUT2D eigenvalue weighted by Crippen LogP contribution is -2.16. The smallest absolute Gasteiger partial charge is 0.337 e. The molecule has 0 spiro atoms. The van der Waals surface area contributed by atoms with Gasteiger partial charge in [0.25, 0.3) is 0 Å². The molecule has 0 aliphatic rings. The average molecular weight is 301 g/mol. The molecule has 0 unspecified atom stereocenters. The zero-order valence-electron chi connectivity index (χ0n) is 11.3. The van der Waals surface area contributed by atoms with Gasteiger partial charge >= 0.3 is 5.97 Å². The third kappa shape index (κ3) is 4.65. The number of amides is 1. The van der Waals surface area contributed by atoms with Gasteiger partial charge in [-0.15, -0.1) is 11.8 Å². The fraction of sp³-hybridized carbons (Fsp3) is 0.125. The Morgan fingerprint density at radius 3 is 2.38 bits per heavy atom. The predicted molar refractivity (Wildman–Crippen MR) is 84.6 cm³/mol. The number of carbonyl (C=O) groups is 2. The first-order valence-corrected chi connectivity index (χ1v) is 7.56. The number of carboxylic acids is 1. The summed E-state index contributed by atoms with van der Waals surface area (Å²) in [5.41, 5.74) is 1.58. The van der Waals surface area contributed by atoms with E-state index in [-0.39, 0.29) is 17.2 Å². The number of hydrogen-bond acceptors (Lipinski definition) is 3. The molecule has 0 bridgehead atoms. The number of thioether (sulfide) groups is 1. The molecule has 0 aliphatic carbocycles. The van der Waals surface area contributed by atoms with Gasteiger partial charge in [-0.3, -0.25) is 4.79 Å². The topological polar surface area (TPSA) is 66.4 Å². The number of nitrogens with one attached hydrogen (secondary N) is 1. The second kappa shape index (κ2) is 7.50. The van der Waals surface area contributed by atoms with Crippen molar-refractivity contribution in [2.45, 2.75) is 5.75 Å². The third-order valence-corrected chi connectivity index (χ3v) is 3.78. The first-order valence-electron chi connectivity index (χ1n) is 6.40. The number of aromatic carboxylic acids is 1. The summed E-state index contributed by atoms with van der Waals surface area (Å²) in [6.07, 6.45) is 0. The first-order chi connectivity index (χ1) is 10.2. The van der Waals surface area contributed by atoms with Crippen LogP contribution in [0, 0.1) is 0 Å². The molecule has 0 saturated heterocycles. The van der Waals surface area contributed by atoms with Gasteiger partial charge in [-0.25, -0.2) is 4.79 Å². The summed E-state index contributed by atoms with van der Waals surface area (Å²) in [6.45, 7) is 0. The van der Waals surface area contributed by atoms with Gasteiger partial charge < -0.3 is 10.4 Å². The molecular weight excluding hydrogens is 286 g/mol. The number of para-hydroxylation sites is 1. The Kier molecular flexibility index (Phi) is 5.40. The van der Waals surface area contributed by atoms with Crippen LogP contribution in [0.4, 0.5) is 5.69 Å². The fourth-order valence-corrected chi connectivity index (χ4v) is 2.59. The summed E-state index contributed by atoms with van der Waals surface area (Å²) in [7, 11) is 0. The molecule has 4 nitrogen and oxygen atoms in total. The normalized spacial score (nSPS) is 10.1. The average Bonchev–Trinajstić information content (AvgIpc) is 2.48. The second-order valence-electron chi connectivity index (χ2n) is 4.38. The number of hydrogen-bond donors (Lipinski definition) is 2. The molecule has 1 amide bonds. The summed E-state index contributed by atoms with van der Waals surface area (Å²) in [6, 6.07) is 16.2. The minimum Gasteiger partial charge on any atom is -0.478 e. The van der Waals surface area contributed by atoms with Crippen LogP contribution in [0.15, 0.2) is 54.6 Å². The summed E-state index contributed by atoms with van der Waals surface area (Å²) < 4.78 is 0. The van der Waals surface area contributed by atoms with Crippen molar-refractivity contribution in [3.8, 4) is 0 Å². The van der Waals surface area contributed by atoms with Crippen LogP contribution < -0.4 is 5.32 Å². The van der Waals surface area contributed by atoms with E-state index in [4.69, 9.17) is 5.11 Å². The van der Waals surface area contributed by atoms with Gasteiger partial charge in [0.05, 0.1) is 17.0 Å².